The van der Waals surface area contributed by atoms with E-state index in [0.29, 0.717) is 18.7 Å². The maximum Gasteiger partial charge on any atom is 0.103 e. The molecule has 1 aliphatic heterocycles. The predicted octanol–water partition coefficient (Wildman–Crippen LogP) is 1.42. The van der Waals surface area contributed by atoms with E-state index in [-0.39, 0.29) is 0 Å². The molecular formula is C7H13FN2. The largest absolute Gasteiger partial charge is 0.361 e. The van der Waals surface area contributed by atoms with Crippen molar-refractivity contribution in [2.45, 2.75) is 25.9 Å². The fourth-order valence-electron chi connectivity index (χ4n) is 1.18. The quantitative estimate of drug-likeness (QED) is 0.404. The highest BCUT2D eigenvalue weighted by atomic mass is 19.1. The highest BCUT2D eigenvalue weighted by Gasteiger charge is 2.17. The van der Waals surface area contributed by atoms with Crippen LogP contribution in [0.1, 0.15) is 19.8 Å². The highest BCUT2D eigenvalue weighted by Crippen LogP contribution is 2.12. The zero-order chi connectivity index (χ0) is 7.56. The Balaban J connectivity index is 2.33. The molecule has 58 valence electrons. The Morgan fingerprint density at radius 1 is 1.50 bits per heavy atom. The molecule has 0 unspecified atom stereocenters. The van der Waals surface area contributed by atoms with E-state index in [9.17, 15) is 4.39 Å². The fraction of sp³-hybridized carbons (Fsp3) is 0.857. The van der Waals surface area contributed by atoms with Gasteiger partial charge in [-0.15, -0.1) is 0 Å². The van der Waals surface area contributed by atoms with Crippen LogP contribution in [-0.4, -0.2) is 30.0 Å². The molecule has 0 spiro atoms. The van der Waals surface area contributed by atoms with E-state index in [4.69, 9.17) is 5.41 Å². The number of hydrogen-bond donors (Lipinski definition) is 1. The van der Waals surface area contributed by atoms with Crippen molar-refractivity contribution in [1.29, 1.82) is 5.41 Å². The van der Waals surface area contributed by atoms with Crippen LogP contribution in [-0.2, 0) is 0 Å². The van der Waals surface area contributed by atoms with Crippen LogP contribution < -0.4 is 0 Å². The lowest BCUT2D eigenvalue weighted by Crippen LogP contribution is -2.37. The molecule has 0 aromatic carbocycles. The molecule has 0 saturated carbocycles. The summed E-state index contributed by atoms with van der Waals surface area (Å²) in [5.41, 5.74) is 0. The van der Waals surface area contributed by atoms with Crippen LogP contribution in [0.4, 0.5) is 4.39 Å². The number of piperidine rings is 1. The highest BCUT2D eigenvalue weighted by molar-refractivity contribution is 5.76. The molecule has 0 radical (unpaired) electrons. The van der Waals surface area contributed by atoms with Gasteiger partial charge >= 0.3 is 0 Å². The first-order chi connectivity index (χ1) is 4.70. The average Bonchev–Trinajstić information content (AvgIpc) is 1.88. The Kier molecular flexibility index (Phi) is 2.25. The molecule has 0 aliphatic carbocycles. The van der Waals surface area contributed by atoms with Gasteiger partial charge in [-0.25, -0.2) is 4.39 Å². The minimum atomic E-state index is -0.629. The topological polar surface area (TPSA) is 27.1 Å². The zero-order valence-electron chi connectivity index (χ0n) is 6.23. The number of hydrogen-bond acceptors (Lipinski definition) is 1. The molecule has 0 aromatic heterocycles. The summed E-state index contributed by atoms with van der Waals surface area (Å²) >= 11 is 0. The predicted molar refractivity (Wildman–Crippen MR) is 39.1 cm³/mol. The summed E-state index contributed by atoms with van der Waals surface area (Å²) in [5, 5.41) is 7.26. The average molecular weight is 144 g/mol. The smallest absolute Gasteiger partial charge is 0.103 e. The molecule has 1 N–H and O–H groups in total. The van der Waals surface area contributed by atoms with E-state index in [1.165, 1.54) is 0 Å². The third-order valence-corrected chi connectivity index (χ3v) is 1.90. The van der Waals surface area contributed by atoms with Gasteiger partial charge in [-0.05, 0) is 19.8 Å². The van der Waals surface area contributed by atoms with Crippen LogP contribution in [0.15, 0.2) is 0 Å². The van der Waals surface area contributed by atoms with E-state index in [0.717, 1.165) is 13.1 Å². The Hall–Kier alpha value is -0.600. The number of rotatable bonds is 0. The van der Waals surface area contributed by atoms with Gasteiger partial charge < -0.3 is 4.90 Å². The first kappa shape index (κ1) is 7.51. The molecule has 0 bridgehead atoms. The Bertz CT molecular complexity index is 128. The molecule has 2 nitrogen and oxygen atoms in total. The minimum Gasteiger partial charge on any atom is -0.361 e. The van der Waals surface area contributed by atoms with Crippen molar-refractivity contribution in [3.63, 3.8) is 0 Å². The Morgan fingerprint density at radius 3 is 2.40 bits per heavy atom. The van der Waals surface area contributed by atoms with Gasteiger partial charge in [0.05, 0.1) is 5.84 Å². The molecule has 1 aliphatic rings. The third-order valence-electron chi connectivity index (χ3n) is 1.90. The number of nitrogens with zero attached hydrogens (tertiary/aromatic N) is 1. The molecule has 0 atom stereocenters. The lowest BCUT2D eigenvalue weighted by Gasteiger charge is -2.29. The van der Waals surface area contributed by atoms with Gasteiger partial charge in [-0.2, -0.15) is 0 Å². The molecule has 1 heterocycles. The maximum atomic E-state index is 12.5. The van der Waals surface area contributed by atoms with Gasteiger partial charge in [-0.1, -0.05) is 0 Å². The monoisotopic (exact) mass is 144 g/mol. The number of nitrogens with one attached hydrogen (secondary N) is 1. The maximum absolute atomic E-state index is 12.5. The molecule has 3 heteroatoms. The molecule has 0 amide bonds. The number of halogens is 1. The van der Waals surface area contributed by atoms with Crippen molar-refractivity contribution >= 4 is 5.84 Å². The minimum absolute atomic E-state index is 0.562. The summed E-state index contributed by atoms with van der Waals surface area (Å²) in [6.45, 7) is 3.19. The Labute approximate surface area is 60.5 Å². The van der Waals surface area contributed by atoms with Crippen molar-refractivity contribution in [1.82, 2.24) is 4.90 Å². The van der Waals surface area contributed by atoms with Crippen LogP contribution in [0, 0.1) is 5.41 Å². The van der Waals surface area contributed by atoms with Crippen LogP contribution in [0.2, 0.25) is 0 Å². The zero-order valence-corrected chi connectivity index (χ0v) is 6.23. The SMILES string of the molecule is CC(=N)N1CCC(F)CC1. The van der Waals surface area contributed by atoms with Gasteiger partial charge in [0.1, 0.15) is 6.17 Å². The first-order valence-electron chi connectivity index (χ1n) is 3.64. The van der Waals surface area contributed by atoms with Crippen molar-refractivity contribution in [3.8, 4) is 0 Å². The second-order valence-corrected chi connectivity index (χ2v) is 2.75. The molecular weight excluding hydrogens is 131 g/mol. The summed E-state index contributed by atoms with van der Waals surface area (Å²) in [6.07, 6.45) is 0.558. The molecule has 1 rings (SSSR count). The van der Waals surface area contributed by atoms with E-state index in [2.05, 4.69) is 0 Å². The van der Waals surface area contributed by atoms with Crippen LogP contribution >= 0.6 is 0 Å². The summed E-state index contributed by atoms with van der Waals surface area (Å²) < 4.78 is 12.5. The van der Waals surface area contributed by atoms with Crippen molar-refractivity contribution in [3.05, 3.63) is 0 Å². The van der Waals surface area contributed by atoms with Gasteiger partial charge in [0, 0.05) is 13.1 Å². The fourth-order valence-corrected chi connectivity index (χ4v) is 1.18. The number of likely N-dealkylation sites (tertiary alicyclic amines) is 1. The van der Waals surface area contributed by atoms with Gasteiger partial charge in [-0.3, -0.25) is 5.41 Å². The van der Waals surface area contributed by atoms with Crippen molar-refractivity contribution in [2.75, 3.05) is 13.1 Å². The standard InChI is InChI=1S/C7H13FN2/c1-6(9)10-4-2-7(8)3-5-10/h7,9H,2-5H2,1H3. The van der Waals surface area contributed by atoms with Crippen LogP contribution in [0.25, 0.3) is 0 Å². The molecule has 1 saturated heterocycles. The first-order valence-corrected chi connectivity index (χ1v) is 3.64. The van der Waals surface area contributed by atoms with Gasteiger partial charge in [0.25, 0.3) is 0 Å². The molecule has 1 fully saturated rings. The van der Waals surface area contributed by atoms with Crippen molar-refractivity contribution in [2.24, 2.45) is 0 Å². The lowest BCUT2D eigenvalue weighted by atomic mass is 10.1. The Morgan fingerprint density at radius 2 is 2.00 bits per heavy atom. The second-order valence-electron chi connectivity index (χ2n) is 2.75. The van der Waals surface area contributed by atoms with Crippen molar-refractivity contribution < 1.29 is 4.39 Å². The lowest BCUT2D eigenvalue weighted by molar-refractivity contribution is 0.203. The van der Waals surface area contributed by atoms with Gasteiger partial charge in [0.15, 0.2) is 0 Å². The number of amidine groups is 1. The summed E-state index contributed by atoms with van der Waals surface area (Å²) in [4.78, 5) is 1.91. The summed E-state index contributed by atoms with van der Waals surface area (Å²) in [7, 11) is 0. The molecule has 0 aromatic rings. The number of alkyl halides is 1. The molecule has 10 heavy (non-hydrogen) atoms. The van der Waals surface area contributed by atoms with Crippen LogP contribution in [0.3, 0.4) is 0 Å². The van der Waals surface area contributed by atoms with E-state index in [1.54, 1.807) is 6.92 Å². The van der Waals surface area contributed by atoms with E-state index >= 15 is 0 Å². The van der Waals surface area contributed by atoms with E-state index < -0.39 is 6.17 Å². The summed E-state index contributed by atoms with van der Waals surface area (Å²) in [5.74, 6) is 0.562. The van der Waals surface area contributed by atoms with Gasteiger partial charge in [0.2, 0.25) is 0 Å². The third kappa shape index (κ3) is 1.69. The normalized spacial score (nSPS) is 21.2. The summed E-state index contributed by atoms with van der Waals surface area (Å²) in [6, 6.07) is 0. The van der Waals surface area contributed by atoms with E-state index in [1.807, 2.05) is 4.90 Å². The second kappa shape index (κ2) is 2.99. The van der Waals surface area contributed by atoms with Crippen LogP contribution in [0.5, 0.6) is 0 Å².